The van der Waals surface area contributed by atoms with E-state index in [0.29, 0.717) is 5.88 Å². The van der Waals surface area contributed by atoms with E-state index in [2.05, 4.69) is 34.4 Å². The SMILES string of the molecule is CCC1(C)CNc2ncnc(OC)c2NC1. The molecule has 0 spiro atoms. The van der Waals surface area contributed by atoms with Crippen molar-refractivity contribution in [2.24, 2.45) is 5.41 Å². The zero-order valence-corrected chi connectivity index (χ0v) is 10.0. The average molecular weight is 222 g/mol. The van der Waals surface area contributed by atoms with Gasteiger partial charge in [-0.1, -0.05) is 13.8 Å². The van der Waals surface area contributed by atoms with E-state index in [-0.39, 0.29) is 5.41 Å². The molecule has 1 aromatic heterocycles. The third-order valence-corrected chi connectivity index (χ3v) is 3.23. The van der Waals surface area contributed by atoms with Crippen LogP contribution in [0.2, 0.25) is 0 Å². The first-order chi connectivity index (χ1) is 7.68. The van der Waals surface area contributed by atoms with E-state index < -0.39 is 0 Å². The molecule has 0 saturated carbocycles. The van der Waals surface area contributed by atoms with Crippen LogP contribution in [0.15, 0.2) is 6.33 Å². The zero-order chi connectivity index (χ0) is 11.6. The molecule has 2 rings (SSSR count). The van der Waals surface area contributed by atoms with Crippen LogP contribution in [0, 0.1) is 5.41 Å². The molecule has 1 aromatic rings. The van der Waals surface area contributed by atoms with E-state index in [4.69, 9.17) is 4.74 Å². The van der Waals surface area contributed by atoms with Gasteiger partial charge in [0, 0.05) is 18.5 Å². The van der Waals surface area contributed by atoms with Gasteiger partial charge in [-0.05, 0) is 6.42 Å². The third kappa shape index (κ3) is 1.89. The quantitative estimate of drug-likeness (QED) is 0.798. The Morgan fingerprint density at radius 3 is 2.81 bits per heavy atom. The van der Waals surface area contributed by atoms with Crippen LogP contribution in [0.1, 0.15) is 20.3 Å². The first-order valence-electron chi connectivity index (χ1n) is 5.55. The number of aromatic nitrogens is 2. The molecule has 16 heavy (non-hydrogen) atoms. The summed E-state index contributed by atoms with van der Waals surface area (Å²) >= 11 is 0. The first kappa shape index (κ1) is 11.0. The Morgan fingerprint density at radius 1 is 1.38 bits per heavy atom. The van der Waals surface area contributed by atoms with Gasteiger partial charge >= 0.3 is 0 Å². The number of anilines is 2. The molecule has 5 heteroatoms. The lowest BCUT2D eigenvalue weighted by Gasteiger charge is -2.25. The van der Waals surface area contributed by atoms with Gasteiger partial charge in [0.15, 0.2) is 5.82 Å². The van der Waals surface area contributed by atoms with Crippen molar-refractivity contribution in [1.82, 2.24) is 9.97 Å². The molecule has 1 aliphatic rings. The summed E-state index contributed by atoms with van der Waals surface area (Å²) in [6.07, 6.45) is 2.62. The molecule has 0 amide bonds. The smallest absolute Gasteiger partial charge is 0.242 e. The number of fused-ring (bicyclic) bond motifs is 1. The van der Waals surface area contributed by atoms with Crippen LogP contribution in [0.25, 0.3) is 0 Å². The monoisotopic (exact) mass is 222 g/mol. The summed E-state index contributed by atoms with van der Waals surface area (Å²) in [6.45, 7) is 6.25. The van der Waals surface area contributed by atoms with Crippen LogP contribution in [0.5, 0.6) is 5.88 Å². The fraction of sp³-hybridized carbons (Fsp3) is 0.636. The Hall–Kier alpha value is -1.52. The molecule has 0 saturated heterocycles. The minimum atomic E-state index is 0.228. The predicted molar refractivity (Wildman–Crippen MR) is 64.0 cm³/mol. The lowest BCUT2D eigenvalue weighted by Crippen LogP contribution is -2.30. The fourth-order valence-electron chi connectivity index (χ4n) is 1.73. The molecule has 1 aliphatic heterocycles. The van der Waals surface area contributed by atoms with Crippen molar-refractivity contribution >= 4 is 11.5 Å². The second kappa shape index (κ2) is 4.15. The molecule has 88 valence electrons. The van der Waals surface area contributed by atoms with E-state index in [1.54, 1.807) is 7.11 Å². The molecule has 2 heterocycles. The molecule has 0 bridgehead atoms. The highest BCUT2D eigenvalue weighted by atomic mass is 16.5. The number of hydrogen-bond donors (Lipinski definition) is 2. The number of ether oxygens (including phenoxy) is 1. The predicted octanol–water partition coefficient (Wildman–Crippen LogP) is 1.74. The van der Waals surface area contributed by atoms with Gasteiger partial charge in [0.1, 0.15) is 12.0 Å². The van der Waals surface area contributed by atoms with Crippen molar-refractivity contribution in [1.29, 1.82) is 0 Å². The molecule has 1 unspecified atom stereocenters. The maximum Gasteiger partial charge on any atom is 0.242 e. The lowest BCUT2D eigenvalue weighted by atomic mass is 9.88. The topological polar surface area (TPSA) is 59.1 Å². The summed E-state index contributed by atoms with van der Waals surface area (Å²) in [5.74, 6) is 1.42. The molecular weight excluding hydrogens is 204 g/mol. The van der Waals surface area contributed by atoms with E-state index in [0.717, 1.165) is 31.0 Å². The van der Waals surface area contributed by atoms with Gasteiger partial charge in [-0.15, -0.1) is 0 Å². The Kier molecular flexibility index (Phi) is 2.85. The fourth-order valence-corrected chi connectivity index (χ4v) is 1.73. The summed E-state index contributed by atoms with van der Waals surface area (Å²) < 4.78 is 5.22. The average Bonchev–Trinajstić information content (AvgIpc) is 2.50. The Balaban J connectivity index is 2.30. The minimum Gasteiger partial charge on any atom is -0.479 e. The first-order valence-corrected chi connectivity index (χ1v) is 5.55. The van der Waals surface area contributed by atoms with E-state index >= 15 is 0 Å². The summed E-state index contributed by atoms with van der Waals surface area (Å²) in [4.78, 5) is 8.31. The summed E-state index contributed by atoms with van der Waals surface area (Å²) in [7, 11) is 1.62. The van der Waals surface area contributed by atoms with Crippen LogP contribution in [-0.4, -0.2) is 30.2 Å². The molecule has 0 fully saturated rings. The van der Waals surface area contributed by atoms with Crippen molar-refractivity contribution in [3.05, 3.63) is 6.33 Å². The lowest BCUT2D eigenvalue weighted by molar-refractivity contribution is 0.359. The second-order valence-electron chi connectivity index (χ2n) is 4.48. The highest BCUT2D eigenvalue weighted by Gasteiger charge is 2.27. The Labute approximate surface area is 95.6 Å². The van der Waals surface area contributed by atoms with Crippen LogP contribution in [0.3, 0.4) is 0 Å². The maximum absolute atomic E-state index is 5.22. The standard InChI is InChI=1S/C11H18N4O/c1-4-11(2)5-12-8-9(13-6-11)14-7-15-10(8)16-3/h7,12H,4-6H2,1-3H3,(H,13,14,15). The number of nitrogens with one attached hydrogen (secondary N) is 2. The molecule has 0 aromatic carbocycles. The van der Waals surface area contributed by atoms with Gasteiger partial charge in [0.25, 0.3) is 0 Å². The number of nitrogens with zero attached hydrogens (tertiary/aromatic N) is 2. The summed E-state index contributed by atoms with van der Waals surface area (Å²) in [6, 6.07) is 0. The summed E-state index contributed by atoms with van der Waals surface area (Å²) in [5.41, 5.74) is 1.09. The summed E-state index contributed by atoms with van der Waals surface area (Å²) in [5, 5.41) is 6.72. The maximum atomic E-state index is 5.22. The normalized spacial score (nSPS) is 23.7. The highest BCUT2D eigenvalue weighted by molar-refractivity contribution is 5.70. The molecule has 5 nitrogen and oxygen atoms in total. The van der Waals surface area contributed by atoms with Gasteiger partial charge in [-0.3, -0.25) is 0 Å². The van der Waals surface area contributed by atoms with Crippen LogP contribution in [-0.2, 0) is 0 Å². The second-order valence-corrected chi connectivity index (χ2v) is 4.48. The number of hydrogen-bond acceptors (Lipinski definition) is 5. The largest absolute Gasteiger partial charge is 0.479 e. The Bertz CT molecular complexity index is 382. The molecule has 0 aliphatic carbocycles. The van der Waals surface area contributed by atoms with E-state index in [9.17, 15) is 0 Å². The van der Waals surface area contributed by atoms with Gasteiger partial charge in [0.2, 0.25) is 5.88 Å². The third-order valence-electron chi connectivity index (χ3n) is 3.23. The van der Waals surface area contributed by atoms with Crippen molar-refractivity contribution < 1.29 is 4.74 Å². The molecular formula is C11H18N4O. The van der Waals surface area contributed by atoms with E-state index in [1.165, 1.54) is 6.33 Å². The zero-order valence-electron chi connectivity index (χ0n) is 10.0. The van der Waals surface area contributed by atoms with Crippen molar-refractivity contribution in [2.45, 2.75) is 20.3 Å². The van der Waals surface area contributed by atoms with Crippen LogP contribution < -0.4 is 15.4 Å². The Morgan fingerprint density at radius 2 is 2.12 bits per heavy atom. The van der Waals surface area contributed by atoms with Gasteiger partial charge < -0.3 is 15.4 Å². The van der Waals surface area contributed by atoms with Crippen molar-refractivity contribution in [2.75, 3.05) is 30.8 Å². The molecule has 1 atom stereocenters. The van der Waals surface area contributed by atoms with Crippen molar-refractivity contribution in [3.8, 4) is 5.88 Å². The van der Waals surface area contributed by atoms with E-state index in [1.807, 2.05) is 0 Å². The van der Waals surface area contributed by atoms with Gasteiger partial charge in [-0.2, -0.15) is 4.98 Å². The van der Waals surface area contributed by atoms with Gasteiger partial charge in [-0.25, -0.2) is 4.98 Å². The van der Waals surface area contributed by atoms with Crippen LogP contribution >= 0.6 is 0 Å². The highest BCUT2D eigenvalue weighted by Crippen LogP contribution is 2.34. The molecule has 0 radical (unpaired) electrons. The van der Waals surface area contributed by atoms with Gasteiger partial charge in [0.05, 0.1) is 7.11 Å². The molecule has 2 N–H and O–H groups in total. The minimum absolute atomic E-state index is 0.228. The van der Waals surface area contributed by atoms with Crippen molar-refractivity contribution in [3.63, 3.8) is 0 Å². The number of methoxy groups -OCH3 is 1. The number of rotatable bonds is 2. The van der Waals surface area contributed by atoms with Crippen LogP contribution in [0.4, 0.5) is 11.5 Å².